The van der Waals surface area contributed by atoms with E-state index in [9.17, 15) is 22.0 Å². The summed E-state index contributed by atoms with van der Waals surface area (Å²) < 4.78 is 64.5. The van der Waals surface area contributed by atoms with Crippen LogP contribution < -0.4 is 15.1 Å². The zero-order valence-corrected chi connectivity index (χ0v) is 25.0. The van der Waals surface area contributed by atoms with E-state index in [1.54, 1.807) is 38.1 Å². The standard InChI is InChI=1S/C27H30N6O7S2/c1-16-13-39-14-17-15-40-22-23(27(2,3)41(4,35)36)29-24(30-26(22)33(16)17)21-19-10-11-32(25(19)28-12-20(21)31-34)42(37,38)18-8-6-5-7-9-18/h5-12,16-17,31,34H,13-15H2,1-4H3/t16-,17+/m0/s1. The maximum absolute atomic E-state index is 13.5. The Kier molecular flexibility index (Phi) is 6.68. The first kappa shape index (κ1) is 28.3. The second kappa shape index (κ2) is 9.90. The van der Waals surface area contributed by atoms with Gasteiger partial charge in [0.1, 0.15) is 17.0 Å². The largest absolute Gasteiger partial charge is 0.486 e. The molecule has 13 nitrogen and oxygen atoms in total. The lowest BCUT2D eigenvalue weighted by molar-refractivity contribution is 0.0482. The second-order valence-corrected chi connectivity index (χ2v) is 15.3. The molecule has 0 bridgehead atoms. The Morgan fingerprint density at radius 2 is 1.79 bits per heavy atom. The number of fused-ring (bicyclic) bond motifs is 4. The summed E-state index contributed by atoms with van der Waals surface area (Å²) in [5.74, 6) is 0.707. The lowest BCUT2D eigenvalue weighted by Crippen LogP contribution is -2.56. The van der Waals surface area contributed by atoms with Crippen LogP contribution in [0.2, 0.25) is 0 Å². The average molecular weight is 615 g/mol. The van der Waals surface area contributed by atoms with Crippen molar-refractivity contribution in [2.45, 2.75) is 42.5 Å². The molecule has 15 heteroatoms. The summed E-state index contributed by atoms with van der Waals surface area (Å²) >= 11 is 0. The molecule has 4 aromatic rings. The van der Waals surface area contributed by atoms with Crippen LogP contribution in [0.1, 0.15) is 26.5 Å². The Balaban J connectivity index is 1.65. The van der Waals surface area contributed by atoms with Crippen molar-refractivity contribution >= 4 is 42.4 Å². The van der Waals surface area contributed by atoms with Gasteiger partial charge in [-0.2, -0.15) is 0 Å². The van der Waals surface area contributed by atoms with Crippen LogP contribution in [0.3, 0.4) is 0 Å². The Hall–Kier alpha value is -3.79. The zero-order valence-electron chi connectivity index (χ0n) is 23.3. The molecule has 1 fully saturated rings. The highest BCUT2D eigenvalue weighted by Gasteiger charge is 2.44. The number of pyridine rings is 1. The van der Waals surface area contributed by atoms with Gasteiger partial charge in [-0.15, -0.1) is 0 Å². The van der Waals surface area contributed by atoms with Gasteiger partial charge in [0.25, 0.3) is 10.0 Å². The number of aromatic nitrogens is 4. The molecule has 1 saturated heterocycles. The fourth-order valence-corrected chi connectivity index (χ4v) is 7.13. The molecule has 2 atom stereocenters. The quantitative estimate of drug-likeness (QED) is 0.306. The number of nitrogens with zero attached hydrogens (tertiary/aromatic N) is 5. The van der Waals surface area contributed by atoms with Crippen molar-refractivity contribution in [2.75, 3.05) is 36.5 Å². The third kappa shape index (κ3) is 4.30. The van der Waals surface area contributed by atoms with E-state index in [2.05, 4.69) is 10.5 Å². The lowest BCUT2D eigenvalue weighted by Gasteiger charge is -2.45. The molecule has 0 amide bonds. The van der Waals surface area contributed by atoms with Crippen molar-refractivity contribution in [3.05, 3.63) is 54.5 Å². The second-order valence-electron chi connectivity index (χ2n) is 10.9. The van der Waals surface area contributed by atoms with Gasteiger partial charge in [0, 0.05) is 17.8 Å². The van der Waals surface area contributed by atoms with Crippen LogP contribution in [-0.4, -0.2) is 79.1 Å². The first-order valence-corrected chi connectivity index (χ1v) is 16.5. The number of nitrogens with one attached hydrogen (secondary N) is 1. The summed E-state index contributed by atoms with van der Waals surface area (Å²) in [6.45, 7) is 6.16. The Morgan fingerprint density at radius 1 is 1.05 bits per heavy atom. The van der Waals surface area contributed by atoms with E-state index in [1.807, 2.05) is 11.8 Å². The normalized spacial score (nSPS) is 19.2. The summed E-state index contributed by atoms with van der Waals surface area (Å²) in [4.78, 5) is 16.0. The van der Waals surface area contributed by atoms with Gasteiger partial charge in [-0.05, 0) is 39.0 Å². The summed E-state index contributed by atoms with van der Waals surface area (Å²) in [6, 6.07) is 9.21. The van der Waals surface area contributed by atoms with Crippen LogP contribution in [0.15, 0.2) is 53.7 Å². The van der Waals surface area contributed by atoms with Gasteiger partial charge < -0.3 is 14.4 Å². The Bertz CT molecular complexity index is 1910. The van der Waals surface area contributed by atoms with Gasteiger partial charge >= 0.3 is 0 Å². The number of rotatable bonds is 6. The Labute approximate surface area is 243 Å². The number of ether oxygens (including phenoxy) is 2. The van der Waals surface area contributed by atoms with E-state index in [1.165, 1.54) is 24.5 Å². The smallest absolute Gasteiger partial charge is 0.269 e. The van der Waals surface area contributed by atoms with Gasteiger partial charge in [0.05, 0.1) is 47.6 Å². The van der Waals surface area contributed by atoms with Crippen LogP contribution >= 0.6 is 0 Å². The summed E-state index contributed by atoms with van der Waals surface area (Å²) in [5.41, 5.74) is 2.67. The molecular formula is C27H30N6O7S2. The number of benzene rings is 1. The average Bonchev–Trinajstić information content (AvgIpc) is 3.41. The number of morpholine rings is 1. The highest BCUT2D eigenvalue weighted by Crippen LogP contribution is 2.46. The Morgan fingerprint density at radius 3 is 2.48 bits per heavy atom. The first-order chi connectivity index (χ1) is 19.9. The van der Waals surface area contributed by atoms with Gasteiger partial charge in [0.15, 0.2) is 32.9 Å². The van der Waals surface area contributed by atoms with E-state index in [0.29, 0.717) is 24.4 Å². The maximum Gasteiger partial charge on any atom is 0.269 e. The summed E-state index contributed by atoms with van der Waals surface area (Å²) in [7, 11) is -7.73. The van der Waals surface area contributed by atoms with E-state index < -0.39 is 24.6 Å². The van der Waals surface area contributed by atoms with Gasteiger partial charge in [-0.1, -0.05) is 18.2 Å². The molecule has 42 heavy (non-hydrogen) atoms. The lowest BCUT2D eigenvalue weighted by atomic mass is 10.0. The molecule has 0 aliphatic carbocycles. The van der Waals surface area contributed by atoms with Crippen LogP contribution in [0.25, 0.3) is 22.4 Å². The van der Waals surface area contributed by atoms with E-state index in [0.717, 1.165) is 10.2 Å². The number of sulfone groups is 1. The van der Waals surface area contributed by atoms with Crippen molar-refractivity contribution in [3.8, 4) is 17.1 Å². The SMILES string of the molecule is C[C@H]1COC[C@@H]2COc3c(nc(-c4c(NO)cnc5c4ccn5S(=O)(=O)c4ccccc4)nc3C(C)(C)S(C)(=O)=O)N21. The predicted molar refractivity (Wildman–Crippen MR) is 155 cm³/mol. The monoisotopic (exact) mass is 614 g/mol. The maximum atomic E-state index is 13.5. The van der Waals surface area contributed by atoms with Crippen LogP contribution in [0.5, 0.6) is 5.75 Å². The van der Waals surface area contributed by atoms with Gasteiger partial charge in [-0.3, -0.25) is 10.7 Å². The van der Waals surface area contributed by atoms with Crippen LogP contribution in [-0.2, 0) is 29.3 Å². The molecule has 2 aliphatic rings. The number of anilines is 2. The van der Waals surface area contributed by atoms with Gasteiger partial charge in [-0.25, -0.2) is 35.8 Å². The third-order valence-electron chi connectivity index (χ3n) is 7.87. The molecule has 0 spiro atoms. The molecule has 0 unspecified atom stereocenters. The summed E-state index contributed by atoms with van der Waals surface area (Å²) in [5, 5.41) is 10.4. The highest BCUT2D eigenvalue weighted by molar-refractivity contribution is 7.91. The van der Waals surface area contributed by atoms with Crippen molar-refractivity contribution in [1.29, 1.82) is 0 Å². The predicted octanol–water partition coefficient (Wildman–Crippen LogP) is 2.80. The first-order valence-electron chi connectivity index (χ1n) is 13.2. The molecule has 5 heterocycles. The molecule has 6 rings (SSSR count). The van der Waals surface area contributed by atoms with Crippen molar-refractivity contribution in [2.24, 2.45) is 0 Å². The highest BCUT2D eigenvalue weighted by atomic mass is 32.2. The fraction of sp³-hybridized carbons (Fsp3) is 0.370. The number of hydrogen-bond acceptors (Lipinski definition) is 12. The zero-order chi connectivity index (χ0) is 30.0. The molecule has 222 valence electrons. The van der Waals surface area contributed by atoms with Crippen molar-refractivity contribution < 1.29 is 31.5 Å². The molecule has 0 radical (unpaired) electrons. The molecule has 3 aromatic heterocycles. The third-order valence-corrected chi connectivity index (χ3v) is 11.6. The van der Waals surface area contributed by atoms with E-state index >= 15 is 0 Å². The summed E-state index contributed by atoms with van der Waals surface area (Å²) in [6.07, 6.45) is 3.77. The topological polar surface area (TPSA) is 166 Å². The number of hydrogen-bond donors (Lipinski definition) is 2. The molecule has 0 saturated carbocycles. The molecular weight excluding hydrogens is 584 g/mol. The van der Waals surface area contributed by atoms with Crippen LogP contribution in [0, 0.1) is 0 Å². The minimum Gasteiger partial charge on any atom is -0.486 e. The van der Waals surface area contributed by atoms with Crippen LogP contribution in [0.4, 0.5) is 11.5 Å². The molecule has 2 N–H and O–H groups in total. The van der Waals surface area contributed by atoms with Crippen molar-refractivity contribution in [3.63, 3.8) is 0 Å². The van der Waals surface area contributed by atoms with E-state index in [4.69, 9.17) is 19.4 Å². The van der Waals surface area contributed by atoms with Crippen molar-refractivity contribution in [1.82, 2.24) is 18.9 Å². The molecule has 2 aliphatic heterocycles. The van der Waals surface area contributed by atoms with E-state index in [-0.39, 0.29) is 57.8 Å². The molecule has 1 aromatic carbocycles. The van der Waals surface area contributed by atoms with Gasteiger partial charge in [0.2, 0.25) is 0 Å². The minimum atomic E-state index is -4.02. The fourth-order valence-electron chi connectivity index (χ4n) is 5.32. The minimum absolute atomic E-state index is 0.0576.